The number of anilines is 1. The van der Waals surface area contributed by atoms with Crippen molar-refractivity contribution in [3.63, 3.8) is 0 Å². The Morgan fingerprint density at radius 3 is 2.57 bits per heavy atom. The van der Waals surface area contributed by atoms with E-state index in [4.69, 9.17) is 4.42 Å². The van der Waals surface area contributed by atoms with Gasteiger partial charge in [0.15, 0.2) is 0 Å². The second-order valence-electron chi connectivity index (χ2n) is 5.93. The summed E-state index contributed by atoms with van der Waals surface area (Å²) < 4.78 is 5.66. The molecule has 1 fully saturated rings. The first-order valence-electron chi connectivity index (χ1n) is 7.71. The van der Waals surface area contributed by atoms with Crippen molar-refractivity contribution in [2.45, 2.75) is 25.9 Å². The maximum absolute atomic E-state index is 9.98. The van der Waals surface area contributed by atoms with Gasteiger partial charge in [0.25, 0.3) is 0 Å². The summed E-state index contributed by atoms with van der Waals surface area (Å²) in [5.74, 6) is 0.719. The summed E-state index contributed by atoms with van der Waals surface area (Å²) in [6.07, 6.45) is 1.55. The Morgan fingerprint density at radius 1 is 1.24 bits per heavy atom. The van der Waals surface area contributed by atoms with Gasteiger partial charge in [0.05, 0.1) is 6.10 Å². The Bertz CT molecular complexity index is 415. The van der Waals surface area contributed by atoms with E-state index in [0.717, 1.165) is 51.5 Å². The average molecular weight is 297 g/mol. The smallest absolute Gasteiger partial charge is 0.318 e. The molecule has 120 valence electrons. The van der Waals surface area contributed by atoms with E-state index >= 15 is 0 Å². The zero-order valence-electron chi connectivity index (χ0n) is 13.3. The van der Waals surface area contributed by atoms with Crippen LogP contribution in [0.1, 0.15) is 19.2 Å². The van der Waals surface area contributed by atoms with Crippen molar-refractivity contribution in [3.8, 4) is 0 Å². The molecule has 21 heavy (non-hydrogen) atoms. The molecule has 2 heterocycles. The molecule has 0 amide bonds. The quantitative estimate of drug-likeness (QED) is 0.763. The van der Waals surface area contributed by atoms with Crippen molar-refractivity contribution >= 4 is 6.01 Å². The predicted molar refractivity (Wildman–Crippen MR) is 81.5 cm³/mol. The Labute approximate surface area is 126 Å². The molecule has 0 saturated carbocycles. The van der Waals surface area contributed by atoms with Crippen LogP contribution in [-0.4, -0.2) is 84.6 Å². The number of likely N-dealkylation sites (N-methyl/N-ethyl adjacent to an activating group) is 1. The van der Waals surface area contributed by atoms with E-state index in [2.05, 4.69) is 26.9 Å². The minimum absolute atomic E-state index is 0.300. The Kier molecular flexibility index (Phi) is 5.96. The van der Waals surface area contributed by atoms with Crippen LogP contribution in [0.15, 0.2) is 4.42 Å². The molecule has 0 spiro atoms. The second-order valence-corrected chi connectivity index (χ2v) is 5.93. The monoisotopic (exact) mass is 297 g/mol. The Hall–Kier alpha value is -1.18. The maximum Gasteiger partial charge on any atom is 0.318 e. The fraction of sp³-hybridized carbons (Fsp3) is 0.857. The van der Waals surface area contributed by atoms with Crippen LogP contribution in [-0.2, 0) is 6.42 Å². The number of rotatable bonds is 7. The molecule has 1 aromatic heterocycles. The summed E-state index contributed by atoms with van der Waals surface area (Å²) in [6.45, 7) is 7.07. The number of aromatic nitrogens is 2. The lowest BCUT2D eigenvalue weighted by Crippen LogP contribution is -2.49. The first-order chi connectivity index (χ1) is 10.1. The highest BCUT2D eigenvalue weighted by Crippen LogP contribution is 2.15. The van der Waals surface area contributed by atoms with Gasteiger partial charge in [-0.25, -0.2) is 0 Å². The van der Waals surface area contributed by atoms with Gasteiger partial charge in [0.2, 0.25) is 5.89 Å². The SMILES string of the molecule is CCCc1nnc(N2CCN(C[C@@H](O)CN(C)C)CC2)o1. The van der Waals surface area contributed by atoms with E-state index in [9.17, 15) is 5.11 Å². The molecular weight excluding hydrogens is 270 g/mol. The summed E-state index contributed by atoms with van der Waals surface area (Å²) in [7, 11) is 3.95. The molecule has 1 N–H and O–H groups in total. The van der Waals surface area contributed by atoms with Crippen LogP contribution < -0.4 is 4.90 Å². The van der Waals surface area contributed by atoms with Gasteiger partial charge >= 0.3 is 6.01 Å². The molecule has 0 bridgehead atoms. The molecule has 1 saturated heterocycles. The predicted octanol–water partition coefficient (Wildman–Crippen LogP) is 0.0666. The molecule has 1 aliphatic rings. The Morgan fingerprint density at radius 2 is 1.95 bits per heavy atom. The van der Waals surface area contributed by atoms with Gasteiger partial charge in [0, 0.05) is 45.7 Å². The van der Waals surface area contributed by atoms with Crippen LogP contribution in [0.3, 0.4) is 0 Å². The van der Waals surface area contributed by atoms with Crippen molar-refractivity contribution in [3.05, 3.63) is 5.89 Å². The third-order valence-electron chi connectivity index (χ3n) is 3.61. The van der Waals surface area contributed by atoms with Gasteiger partial charge in [-0.2, -0.15) is 0 Å². The summed E-state index contributed by atoms with van der Waals surface area (Å²) in [4.78, 5) is 6.42. The first-order valence-corrected chi connectivity index (χ1v) is 7.71. The lowest BCUT2D eigenvalue weighted by Gasteiger charge is -2.34. The highest BCUT2D eigenvalue weighted by Gasteiger charge is 2.22. The molecule has 1 aromatic rings. The number of aliphatic hydroxyl groups excluding tert-OH is 1. The lowest BCUT2D eigenvalue weighted by atomic mass is 10.2. The van der Waals surface area contributed by atoms with Gasteiger partial charge in [-0.05, 0) is 20.5 Å². The van der Waals surface area contributed by atoms with Crippen LogP contribution in [0, 0.1) is 0 Å². The van der Waals surface area contributed by atoms with Gasteiger partial charge in [-0.3, -0.25) is 4.90 Å². The van der Waals surface area contributed by atoms with E-state index in [-0.39, 0.29) is 6.10 Å². The Balaban J connectivity index is 1.77. The highest BCUT2D eigenvalue weighted by molar-refractivity contribution is 5.25. The number of hydrogen-bond donors (Lipinski definition) is 1. The van der Waals surface area contributed by atoms with Crippen molar-refractivity contribution in [1.29, 1.82) is 0 Å². The van der Waals surface area contributed by atoms with Gasteiger partial charge in [-0.1, -0.05) is 12.0 Å². The topological polar surface area (TPSA) is 68.9 Å². The highest BCUT2D eigenvalue weighted by atomic mass is 16.4. The van der Waals surface area contributed by atoms with E-state index in [1.54, 1.807) is 0 Å². The van der Waals surface area contributed by atoms with Gasteiger partial charge < -0.3 is 19.3 Å². The molecule has 1 aliphatic heterocycles. The summed E-state index contributed by atoms with van der Waals surface area (Å²) in [5, 5.41) is 18.2. The van der Waals surface area contributed by atoms with Crippen molar-refractivity contribution in [2.24, 2.45) is 0 Å². The summed E-state index contributed by atoms with van der Waals surface area (Å²) >= 11 is 0. The zero-order chi connectivity index (χ0) is 15.2. The van der Waals surface area contributed by atoms with Crippen LogP contribution >= 0.6 is 0 Å². The molecule has 0 aliphatic carbocycles. The van der Waals surface area contributed by atoms with Crippen LogP contribution in [0.5, 0.6) is 0 Å². The largest absolute Gasteiger partial charge is 0.408 e. The fourth-order valence-electron chi connectivity index (χ4n) is 2.59. The van der Waals surface area contributed by atoms with Crippen LogP contribution in [0.2, 0.25) is 0 Å². The third kappa shape index (κ3) is 4.94. The fourth-order valence-corrected chi connectivity index (χ4v) is 2.59. The number of aryl methyl sites for hydroxylation is 1. The third-order valence-corrected chi connectivity index (χ3v) is 3.61. The number of piperazine rings is 1. The van der Waals surface area contributed by atoms with E-state index < -0.39 is 0 Å². The molecule has 7 nitrogen and oxygen atoms in total. The van der Waals surface area contributed by atoms with Crippen molar-refractivity contribution < 1.29 is 9.52 Å². The minimum atomic E-state index is -0.300. The minimum Gasteiger partial charge on any atom is -0.408 e. The number of aliphatic hydroxyl groups is 1. The molecule has 0 aromatic carbocycles. The van der Waals surface area contributed by atoms with Crippen molar-refractivity contribution in [1.82, 2.24) is 20.0 Å². The van der Waals surface area contributed by atoms with E-state index in [0.29, 0.717) is 12.6 Å². The van der Waals surface area contributed by atoms with E-state index in [1.807, 2.05) is 19.0 Å². The standard InChI is InChI=1S/C14H27N5O2/c1-4-5-13-15-16-14(21-13)19-8-6-18(7-9-19)11-12(20)10-17(2)3/h12,20H,4-11H2,1-3H3/t12-/m0/s1. The first kappa shape index (κ1) is 16.2. The molecule has 1 atom stereocenters. The number of nitrogens with zero attached hydrogens (tertiary/aromatic N) is 5. The van der Waals surface area contributed by atoms with E-state index in [1.165, 1.54) is 0 Å². The summed E-state index contributed by atoms with van der Waals surface area (Å²) in [6, 6.07) is 0.631. The normalized spacial score (nSPS) is 18.4. The van der Waals surface area contributed by atoms with Crippen molar-refractivity contribution in [2.75, 3.05) is 58.3 Å². The average Bonchev–Trinajstić information content (AvgIpc) is 2.87. The molecule has 0 radical (unpaired) electrons. The molecular formula is C14H27N5O2. The maximum atomic E-state index is 9.98. The lowest BCUT2D eigenvalue weighted by molar-refractivity contribution is 0.0856. The number of β-amino-alcohol motifs (C(OH)–C–C–N with tert-alkyl or cyclic N) is 1. The second kappa shape index (κ2) is 7.72. The van der Waals surface area contributed by atoms with Crippen LogP contribution in [0.4, 0.5) is 6.01 Å². The zero-order valence-corrected chi connectivity index (χ0v) is 13.3. The number of hydrogen-bond acceptors (Lipinski definition) is 7. The molecule has 2 rings (SSSR count). The van der Waals surface area contributed by atoms with Gasteiger partial charge in [-0.15, -0.1) is 5.10 Å². The molecule has 0 unspecified atom stereocenters. The molecule has 7 heteroatoms. The summed E-state index contributed by atoms with van der Waals surface area (Å²) in [5.41, 5.74) is 0. The van der Waals surface area contributed by atoms with Gasteiger partial charge in [0.1, 0.15) is 0 Å². The van der Waals surface area contributed by atoms with Crippen LogP contribution in [0.25, 0.3) is 0 Å².